The molecule has 0 amide bonds. The summed E-state index contributed by atoms with van der Waals surface area (Å²) in [5, 5.41) is 3.20. The van der Waals surface area contributed by atoms with Gasteiger partial charge in [-0.3, -0.25) is 4.72 Å². The van der Waals surface area contributed by atoms with Crippen LogP contribution in [0.1, 0.15) is 18.1 Å². The fourth-order valence-corrected chi connectivity index (χ4v) is 3.14. The normalized spacial score (nSPS) is 11.2. The van der Waals surface area contributed by atoms with Gasteiger partial charge in [0.1, 0.15) is 0 Å². The highest BCUT2D eigenvalue weighted by Gasteiger charge is 2.14. The number of sulfonamides is 1. The van der Waals surface area contributed by atoms with Crippen LogP contribution in [0.5, 0.6) is 0 Å². The van der Waals surface area contributed by atoms with Crippen LogP contribution in [-0.2, 0) is 10.0 Å². The molecule has 0 heterocycles. The van der Waals surface area contributed by atoms with E-state index < -0.39 is 10.0 Å². The van der Waals surface area contributed by atoms with E-state index in [4.69, 9.17) is 0 Å². The minimum atomic E-state index is -3.55. The van der Waals surface area contributed by atoms with Crippen LogP contribution in [0.4, 0.5) is 11.4 Å². The lowest BCUT2D eigenvalue weighted by atomic mass is 10.2. The lowest BCUT2D eigenvalue weighted by molar-refractivity contribution is 0.601. The number of hydrogen-bond acceptors (Lipinski definition) is 3. The molecule has 112 valence electrons. The van der Waals surface area contributed by atoms with Gasteiger partial charge in [0, 0.05) is 12.2 Å². The molecule has 0 radical (unpaired) electrons. The van der Waals surface area contributed by atoms with Gasteiger partial charge in [-0.15, -0.1) is 0 Å². The first-order chi connectivity index (χ1) is 9.92. The van der Waals surface area contributed by atoms with E-state index in [0.717, 1.165) is 23.4 Å². The van der Waals surface area contributed by atoms with E-state index in [9.17, 15) is 8.42 Å². The van der Waals surface area contributed by atoms with Crippen LogP contribution < -0.4 is 10.0 Å². The van der Waals surface area contributed by atoms with Gasteiger partial charge >= 0.3 is 0 Å². The molecule has 0 aromatic heterocycles. The summed E-state index contributed by atoms with van der Waals surface area (Å²) in [6.45, 7) is 6.65. The third-order valence-electron chi connectivity index (χ3n) is 3.18. The highest BCUT2D eigenvalue weighted by Crippen LogP contribution is 2.23. The number of hydrogen-bond donors (Lipinski definition) is 2. The van der Waals surface area contributed by atoms with Gasteiger partial charge in [0.2, 0.25) is 0 Å². The molecule has 0 fully saturated rings. The van der Waals surface area contributed by atoms with Gasteiger partial charge in [-0.1, -0.05) is 17.7 Å². The first kappa shape index (κ1) is 15.4. The predicted molar refractivity (Wildman–Crippen MR) is 87.3 cm³/mol. The average Bonchev–Trinajstić information content (AvgIpc) is 2.42. The van der Waals surface area contributed by atoms with Gasteiger partial charge in [0.05, 0.1) is 10.6 Å². The van der Waals surface area contributed by atoms with Gasteiger partial charge in [0.15, 0.2) is 0 Å². The molecule has 4 nitrogen and oxygen atoms in total. The first-order valence-corrected chi connectivity index (χ1v) is 8.34. The Kier molecular flexibility index (Phi) is 4.53. The number of nitrogens with one attached hydrogen (secondary N) is 2. The van der Waals surface area contributed by atoms with Crippen molar-refractivity contribution >= 4 is 21.4 Å². The molecule has 2 N–H and O–H groups in total. The monoisotopic (exact) mass is 304 g/mol. The molecule has 0 aliphatic carbocycles. The largest absolute Gasteiger partial charge is 0.385 e. The number of rotatable bonds is 5. The molecule has 0 unspecified atom stereocenters. The Balaban J connectivity index is 2.26. The molecule has 5 heteroatoms. The second-order valence-electron chi connectivity index (χ2n) is 4.98. The van der Waals surface area contributed by atoms with E-state index in [1.807, 2.05) is 32.9 Å². The molecule has 2 rings (SSSR count). The zero-order chi connectivity index (χ0) is 15.5. The topological polar surface area (TPSA) is 58.2 Å². The maximum atomic E-state index is 12.3. The molecule has 0 bridgehead atoms. The van der Waals surface area contributed by atoms with Crippen molar-refractivity contribution < 1.29 is 8.42 Å². The second kappa shape index (κ2) is 6.18. The lowest BCUT2D eigenvalue weighted by Crippen LogP contribution is -2.13. The molecule has 2 aromatic carbocycles. The molecule has 0 saturated heterocycles. The van der Waals surface area contributed by atoms with Crippen molar-refractivity contribution in [3.05, 3.63) is 53.6 Å². The Morgan fingerprint density at radius 2 is 1.67 bits per heavy atom. The third kappa shape index (κ3) is 3.76. The summed E-state index contributed by atoms with van der Waals surface area (Å²) in [7, 11) is -3.55. The summed E-state index contributed by atoms with van der Waals surface area (Å²) in [4.78, 5) is 0.267. The molecular weight excluding hydrogens is 284 g/mol. The van der Waals surface area contributed by atoms with E-state index in [-0.39, 0.29) is 4.90 Å². The molecule has 0 aliphatic heterocycles. The van der Waals surface area contributed by atoms with E-state index in [1.54, 1.807) is 30.3 Å². The van der Waals surface area contributed by atoms with Crippen molar-refractivity contribution in [3.63, 3.8) is 0 Å². The van der Waals surface area contributed by atoms with Crippen molar-refractivity contribution in [1.82, 2.24) is 0 Å². The van der Waals surface area contributed by atoms with Crippen molar-refractivity contribution in [2.45, 2.75) is 25.7 Å². The maximum absolute atomic E-state index is 12.3. The van der Waals surface area contributed by atoms with E-state index in [1.165, 1.54) is 0 Å². The first-order valence-electron chi connectivity index (χ1n) is 6.86. The number of anilines is 2. The minimum absolute atomic E-state index is 0.267. The Morgan fingerprint density at radius 3 is 2.24 bits per heavy atom. The van der Waals surface area contributed by atoms with Crippen molar-refractivity contribution in [2.24, 2.45) is 0 Å². The highest BCUT2D eigenvalue weighted by atomic mass is 32.2. The number of benzene rings is 2. The zero-order valence-corrected chi connectivity index (χ0v) is 13.3. The zero-order valence-electron chi connectivity index (χ0n) is 12.5. The average molecular weight is 304 g/mol. The smallest absolute Gasteiger partial charge is 0.261 e. The van der Waals surface area contributed by atoms with Gasteiger partial charge in [-0.05, 0) is 56.7 Å². The second-order valence-corrected chi connectivity index (χ2v) is 6.66. The van der Waals surface area contributed by atoms with Crippen LogP contribution in [-0.4, -0.2) is 15.0 Å². The van der Waals surface area contributed by atoms with Crippen LogP contribution in [0.15, 0.2) is 47.4 Å². The van der Waals surface area contributed by atoms with E-state index >= 15 is 0 Å². The Hall–Kier alpha value is -2.01. The fraction of sp³-hybridized carbons (Fsp3) is 0.250. The van der Waals surface area contributed by atoms with Crippen LogP contribution in [0.2, 0.25) is 0 Å². The summed E-state index contributed by atoms with van der Waals surface area (Å²) < 4.78 is 27.3. The van der Waals surface area contributed by atoms with Gasteiger partial charge < -0.3 is 5.32 Å². The standard InChI is InChI=1S/C16H20N2O2S/c1-4-17-14-7-10-16(13(3)11-14)18-21(19,20)15-8-5-12(2)6-9-15/h5-11,17-18H,4H2,1-3H3. The number of aryl methyl sites for hydroxylation is 2. The molecule has 0 spiro atoms. The lowest BCUT2D eigenvalue weighted by Gasteiger charge is -2.12. The predicted octanol–water partition coefficient (Wildman–Crippen LogP) is 3.54. The minimum Gasteiger partial charge on any atom is -0.385 e. The maximum Gasteiger partial charge on any atom is 0.261 e. The SMILES string of the molecule is CCNc1ccc(NS(=O)(=O)c2ccc(C)cc2)c(C)c1. The van der Waals surface area contributed by atoms with E-state index in [0.29, 0.717) is 5.69 Å². The molecule has 2 aromatic rings. The van der Waals surface area contributed by atoms with Crippen molar-refractivity contribution in [1.29, 1.82) is 0 Å². The summed E-state index contributed by atoms with van der Waals surface area (Å²) in [6, 6.07) is 12.4. The van der Waals surface area contributed by atoms with Crippen molar-refractivity contribution in [2.75, 3.05) is 16.6 Å². The summed E-state index contributed by atoms with van der Waals surface area (Å²) in [5.74, 6) is 0. The van der Waals surface area contributed by atoms with Crippen LogP contribution in [0.3, 0.4) is 0 Å². The molecule has 0 atom stereocenters. The molecule has 0 saturated carbocycles. The summed E-state index contributed by atoms with van der Waals surface area (Å²) >= 11 is 0. The van der Waals surface area contributed by atoms with Crippen LogP contribution >= 0.6 is 0 Å². The Morgan fingerprint density at radius 1 is 1.00 bits per heavy atom. The van der Waals surface area contributed by atoms with Gasteiger partial charge in [-0.25, -0.2) is 8.42 Å². The fourth-order valence-electron chi connectivity index (χ4n) is 2.01. The molecule has 21 heavy (non-hydrogen) atoms. The Labute approximate surface area is 126 Å². The third-order valence-corrected chi connectivity index (χ3v) is 4.56. The van der Waals surface area contributed by atoms with Crippen LogP contribution in [0, 0.1) is 13.8 Å². The Bertz CT molecular complexity index is 722. The van der Waals surface area contributed by atoms with Gasteiger partial charge in [-0.2, -0.15) is 0 Å². The summed E-state index contributed by atoms with van der Waals surface area (Å²) in [5.41, 5.74) is 3.48. The van der Waals surface area contributed by atoms with E-state index in [2.05, 4.69) is 10.0 Å². The molecule has 0 aliphatic rings. The highest BCUT2D eigenvalue weighted by molar-refractivity contribution is 7.92. The van der Waals surface area contributed by atoms with Crippen LogP contribution in [0.25, 0.3) is 0 Å². The van der Waals surface area contributed by atoms with Gasteiger partial charge in [0.25, 0.3) is 10.0 Å². The quantitative estimate of drug-likeness (QED) is 0.888. The van der Waals surface area contributed by atoms with Crippen molar-refractivity contribution in [3.8, 4) is 0 Å². The summed E-state index contributed by atoms with van der Waals surface area (Å²) in [6.07, 6.45) is 0. The molecular formula is C16H20N2O2S.